The number of likely N-dealkylation sites (N-methyl/N-ethyl adjacent to an activating group) is 1. The predicted molar refractivity (Wildman–Crippen MR) is 73.5 cm³/mol. The van der Waals surface area contributed by atoms with Crippen LogP contribution in [0.2, 0.25) is 0 Å². The van der Waals surface area contributed by atoms with Gasteiger partial charge < -0.3 is 15.2 Å². The SMILES string of the molecule is CNC(CO)CCOC1CC2CCC1(C)C2(C)C. The number of hydrogen-bond donors (Lipinski definition) is 2. The molecule has 0 aromatic rings. The third kappa shape index (κ3) is 2.10. The second kappa shape index (κ2) is 5.10. The van der Waals surface area contributed by atoms with Gasteiger partial charge in [-0.15, -0.1) is 0 Å². The van der Waals surface area contributed by atoms with E-state index in [2.05, 4.69) is 26.1 Å². The molecule has 0 aromatic carbocycles. The molecule has 0 radical (unpaired) electrons. The monoisotopic (exact) mass is 255 g/mol. The van der Waals surface area contributed by atoms with Crippen LogP contribution in [0.1, 0.15) is 46.5 Å². The summed E-state index contributed by atoms with van der Waals surface area (Å²) in [5, 5.41) is 12.2. The van der Waals surface area contributed by atoms with Crippen molar-refractivity contribution < 1.29 is 9.84 Å². The Balaban J connectivity index is 1.85. The number of fused-ring (bicyclic) bond motifs is 2. The van der Waals surface area contributed by atoms with E-state index in [1.165, 1.54) is 19.3 Å². The molecule has 2 rings (SSSR count). The Morgan fingerprint density at radius 1 is 1.39 bits per heavy atom. The molecule has 2 saturated carbocycles. The quantitative estimate of drug-likeness (QED) is 0.764. The van der Waals surface area contributed by atoms with Crippen molar-refractivity contribution in [2.24, 2.45) is 16.7 Å². The minimum absolute atomic E-state index is 0.171. The van der Waals surface area contributed by atoms with E-state index in [1.54, 1.807) is 0 Å². The largest absolute Gasteiger partial charge is 0.395 e. The maximum absolute atomic E-state index is 9.14. The van der Waals surface area contributed by atoms with Gasteiger partial charge in [0.1, 0.15) is 0 Å². The van der Waals surface area contributed by atoms with Crippen LogP contribution in [0.25, 0.3) is 0 Å². The molecular weight excluding hydrogens is 226 g/mol. The molecule has 4 atom stereocenters. The highest BCUT2D eigenvalue weighted by molar-refractivity contribution is 5.11. The lowest BCUT2D eigenvalue weighted by molar-refractivity contribution is -0.0497. The first-order valence-corrected chi connectivity index (χ1v) is 7.35. The molecular formula is C15H29NO2. The molecule has 3 nitrogen and oxygen atoms in total. The van der Waals surface area contributed by atoms with E-state index in [-0.39, 0.29) is 12.6 Å². The Hall–Kier alpha value is -0.120. The molecule has 0 saturated heterocycles. The highest BCUT2D eigenvalue weighted by Crippen LogP contribution is 2.66. The van der Waals surface area contributed by atoms with E-state index in [9.17, 15) is 0 Å². The molecule has 2 fully saturated rings. The third-order valence-electron chi connectivity index (χ3n) is 6.13. The molecule has 2 aliphatic carbocycles. The second-order valence-corrected chi connectivity index (χ2v) is 6.93. The first-order chi connectivity index (χ1) is 8.45. The van der Waals surface area contributed by atoms with Crippen molar-refractivity contribution in [2.45, 2.75) is 58.6 Å². The van der Waals surface area contributed by atoms with Gasteiger partial charge in [-0.05, 0) is 49.5 Å². The standard InChI is InChI=1S/C15H29NO2/c1-14(2)11-5-7-15(14,3)13(9-11)18-8-6-12(10-17)16-4/h11-13,16-17H,5-10H2,1-4H3. The summed E-state index contributed by atoms with van der Waals surface area (Å²) < 4.78 is 6.16. The van der Waals surface area contributed by atoms with Crippen molar-refractivity contribution in [2.75, 3.05) is 20.3 Å². The smallest absolute Gasteiger partial charge is 0.0636 e. The van der Waals surface area contributed by atoms with Crippen LogP contribution in [0, 0.1) is 16.7 Å². The van der Waals surface area contributed by atoms with Gasteiger partial charge in [0.05, 0.1) is 12.7 Å². The summed E-state index contributed by atoms with van der Waals surface area (Å²) in [4.78, 5) is 0. The van der Waals surface area contributed by atoms with Gasteiger partial charge in [0, 0.05) is 12.6 Å². The van der Waals surface area contributed by atoms with Gasteiger partial charge in [0.2, 0.25) is 0 Å². The minimum atomic E-state index is 0.171. The zero-order chi connectivity index (χ0) is 13.4. The van der Waals surface area contributed by atoms with Crippen LogP contribution in [0.3, 0.4) is 0 Å². The van der Waals surface area contributed by atoms with Crippen LogP contribution in [0.15, 0.2) is 0 Å². The van der Waals surface area contributed by atoms with Gasteiger partial charge in [0.15, 0.2) is 0 Å². The maximum Gasteiger partial charge on any atom is 0.0636 e. The van der Waals surface area contributed by atoms with Crippen LogP contribution in [-0.4, -0.2) is 37.5 Å². The minimum Gasteiger partial charge on any atom is -0.395 e. The van der Waals surface area contributed by atoms with Gasteiger partial charge in [-0.2, -0.15) is 0 Å². The van der Waals surface area contributed by atoms with Gasteiger partial charge >= 0.3 is 0 Å². The number of aliphatic hydroxyl groups excluding tert-OH is 1. The summed E-state index contributed by atoms with van der Waals surface area (Å²) in [5.74, 6) is 0.838. The van der Waals surface area contributed by atoms with Gasteiger partial charge in [-0.1, -0.05) is 20.8 Å². The molecule has 0 aromatic heterocycles. The van der Waals surface area contributed by atoms with Crippen molar-refractivity contribution in [3.63, 3.8) is 0 Å². The predicted octanol–water partition coefficient (Wildman–Crippen LogP) is 2.19. The van der Waals surface area contributed by atoms with E-state index in [4.69, 9.17) is 9.84 Å². The van der Waals surface area contributed by atoms with Gasteiger partial charge in [-0.25, -0.2) is 0 Å². The van der Waals surface area contributed by atoms with E-state index in [0.717, 1.165) is 18.9 Å². The zero-order valence-electron chi connectivity index (χ0n) is 12.3. The summed E-state index contributed by atoms with van der Waals surface area (Å²) in [6, 6.07) is 0.171. The topological polar surface area (TPSA) is 41.5 Å². The molecule has 2 aliphatic rings. The molecule has 2 N–H and O–H groups in total. The van der Waals surface area contributed by atoms with Crippen LogP contribution >= 0.6 is 0 Å². The lowest BCUT2D eigenvalue weighted by Gasteiger charge is -2.39. The Kier molecular flexibility index (Phi) is 4.05. The van der Waals surface area contributed by atoms with E-state index < -0.39 is 0 Å². The summed E-state index contributed by atoms with van der Waals surface area (Å²) in [7, 11) is 1.89. The normalized spacial score (nSPS) is 39.2. The van der Waals surface area contributed by atoms with Crippen molar-refractivity contribution in [1.29, 1.82) is 0 Å². The number of nitrogens with one attached hydrogen (secondary N) is 1. The Labute approximate surface area is 111 Å². The average Bonchev–Trinajstić information content (AvgIpc) is 2.67. The molecule has 0 heterocycles. The van der Waals surface area contributed by atoms with Crippen molar-refractivity contribution >= 4 is 0 Å². The highest BCUT2D eigenvalue weighted by Gasteiger charge is 2.61. The second-order valence-electron chi connectivity index (χ2n) is 6.93. The molecule has 3 heteroatoms. The highest BCUT2D eigenvalue weighted by atomic mass is 16.5. The summed E-state index contributed by atoms with van der Waals surface area (Å²) >= 11 is 0. The maximum atomic E-state index is 9.14. The summed E-state index contributed by atoms with van der Waals surface area (Å²) in [6.07, 6.45) is 5.23. The fourth-order valence-electron chi connectivity index (χ4n) is 4.06. The fraction of sp³-hybridized carbons (Fsp3) is 1.00. The number of ether oxygens (including phenoxy) is 1. The van der Waals surface area contributed by atoms with Crippen molar-refractivity contribution in [3.05, 3.63) is 0 Å². The molecule has 0 amide bonds. The number of aliphatic hydroxyl groups is 1. The lowest BCUT2D eigenvalue weighted by Crippen LogP contribution is -2.38. The van der Waals surface area contributed by atoms with Crippen LogP contribution < -0.4 is 5.32 Å². The summed E-state index contributed by atoms with van der Waals surface area (Å²) in [5.41, 5.74) is 0.781. The summed E-state index contributed by atoms with van der Waals surface area (Å²) in [6.45, 7) is 8.19. The molecule has 106 valence electrons. The Morgan fingerprint density at radius 2 is 2.11 bits per heavy atom. The Morgan fingerprint density at radius 3 is 2.56 bits per heavy atom. The number of rotatable bonds is 6. The zero-order valence-corrected chi connectivity index (χ0v) is 12.3. The third-order valence-corrected chi connectivity index (χ3v) is 6.13. The van der Waals surface area contributed by atoms with Crippen LogP contribution in [0.4, 0.5) is 0 Å². The first kappa shape index (κ1) is 14.3. The average molecular weight is 255 g/mol. The van der Waals surface area contributed by atoms with Crippen molar-refractivity contribution in [1.82, 2.24) is 5.32 Å². The van der Waals surface area contributed by atoms with E-state index >= 15 is 0 Å². The molecule has 0 aliphatic heterocycles. The number of hydrogen-bond acceptors (Lipinski definition) is 3. The molecule has 2 bridgehead atoms. The lowest BCUT2D eigenvalue weighted by atomic mass is 9.70. The fourth-order valence-corrected chi connectivity index (χ4v) is 4.06. The Bertz CT molecular complexity index is 288. The molecule has 4 unspecified atom stereocenters. The van der Waals surface area contributed by atoms with Crippen LogP contribution in [-0.2, 0) is 4.74 Å². The van der Waals surface area contributed by atoms with Gasteiger partial charge in [0.25, 0.3) is 0 Å². The van der Waals surface area contributed by atoms with Gasteiger partial charge in [-0.3, -0.25) is 0 Å². The first-order valence-electron chi connectivity index (χ1n) is 7.35. The van der Waals surface area contributed by atoms with Crippen molar-refractivity contribution in [3.8, 4) is 0 Å². The molecule has 0 spiro atoms. The van der Waals surface area contributed by atoms with Crippen LogP contribution in [0.5, 0.6) is 0 Å². The van der Waals surface area contributed by atoms with E-state index in [1.807, 2.05) is 7.05 Å². The molecule has 18 heavy (non-hydrogen) atoms. The van der Waals surface area contributed by atoms with E-state index in [0.29, 0.717) is 16.9 Å².